The molecule has 34 aromatic rings. The van der Waals surface area contributed by atoms with E-state index in [-0.39, 0.29) is 6.04 Å². The van der Waals surface area contributed by atoms with Crippen LogP contribution < -0.4 is 29.4 Å². The average Bonchev–Trinajstić information content (AvgIpc) is 1.38. The molecule has 1 unspecified atom stereocenters. The van der Waals surface area contributed by atoms with Gasteiger partial charge in [0.1, 0.15) is 23.0 Å². The lowest BCUT2D eigenvalue weighted by Gasteiger charge is -2.52. The maximum Gasteiger partial charge on any atom is 0.136 e. The number of nitrogens with zero attached hydrogens (tertiary/aromatic N) is 1. The summed E-state index contributed by atoms with van der Waals surface area (Å²) in [4.78, 5) is 2.96. The second kappa shape index (κ2) is 23.3. The molecule has 0 saturated carbocycles. The molecule has 0 amide bonds. The van der Waals surface area contributed by atoms with Crippen molar-refractivity contribution in [2.24, 2.45) is 0 Å². The molecule has 7 aliphatic rings. The summed E-state index contributed by atoms with van der Waals surface area (Å²) in [6, 6.07) is 34.2. The molecule has 3 aliphatic heterocycles. The molecule has 140 heavy (non-hydrogen) atoms. The Balaban J connectivity index is 0.513. The Bertz CT molecular complexity index is 11400. The molecular weight excluding hydrogens is 1780 g/mol. The molecule has 1 fully saturated rings. The van der Waals surface area contributed by atoms with E-state index in [9.17, 15) is 0 Å². The summed E-state index contributed by atoms with van der Waals surface area (Å²) in [5.74, 6) is 25.5. The largest absolute Gasteiger partial charge is 0.492 e. The van der Waals surface area contributed by atoms with Gasteiger partial charge >= 0.3 is 0 Å². The second-order valence-electron chi connectivity index (χ2n) is 44.1. The smallest absolute Gasteiger partial charge is 0.136 e. The van der Waals surface area contributed by atoms with Crippen LogP contribution in [0, 0.1) is 35.5 Å². The topological polar surface area (TPSA) is 40.2 Å². The highest BCUT2D eigenvalue weighted by atomic mass is 32.2. The van der Waals surface area contributed by atoms with Gasteiger partial charge in [-0.25, -0.2) is 0 Å². The van der Waals surface area contributed by atoms with E-state index in [4.69, 9.17) is 18.9 Å². The maximum absolute atomic E-state index is 7.11. The first kappa shape index (κ1) is 73.0. The van der Waals surface area contributed by atoms with Gasteiger partial charge in [0.25, 0.3) is 0 Å². The van der Waals surface area contributed by atoms with Crippen molar-refractivity contribution in [1.82, 2.24) is 4.90 Å². The molecule has 5 nitrogen and oxygen atoms in total. The lowest BCUT2D eigenvalue weighted by atomic mass is 9.47. The Hall–Kier alpha value is -13.2. The van der Waals surface area contributed by atoms with Crippen LogP contribution >= 0.6 is 47.0 Å². The lowest BCUT2D eigenvalue weighted by Crippen LogP contribution is -2.51. The standard InChI is InChI=1S/C131H77NO4S4/c1-6-10-14-20-38-133-63-49-57(35-36-58-50-64(134-39-21-15-11-7-2)56(48-66(58)136-41-23-17-13-9-4)34-29-53-30-37-61-62(46-53)68(129-139-44-45-140-129)60-25-19-18-24-59(60)67(61)128-137-42-43-138-128)65(135-40-22-16-12-8-3)47-55(63)33-28-52-26-31-54(32-27-52)127-131-125-119-113-103-91-83-75-71-69-70-73-77(75)85(91)95-89-81(73)82-74(70)78-76-72(69)80-79(71)87-93(83)101-107-97(87)98-88(80)94-84(76)92-86(78)96-90(82)100-99(89)111(105(95)113)121(125)122-112(100)106(96)114-104(92)110-102(94)108(98)116-115(107)123(117(119)109(101)103)130(131,51-132(127)5)124(116)118(110)120(114)126(122)131/h18-19,24-27,30-32,37,42-50,127H,6-17,20-23,38-41,51H2,1-5H3. The highest BCUT2D eigenvalue weighted by molar-refractivity contribution is 8.35. The molecule has 1 atom stereocenters. The fraction of sp³-hybridized carbons (Fsp3) is 0.221. The zero-order chi connectivity index (χ0) is 89.8. The van der Waals surface area contributed by atoms with Crippen molar-refractivity contribution in [2.45, 2.75) is 147 Å². The zero-order valence-electron chi connectivity index (χ0n) is 77.6. The van der Waals surface area contributed by atoms with Crippen LogP contribution in [0.15, 0.2) is 113 Å². The molecule has 2 spiro atoms. The zero-order valence-corrected chi connectivity index (χ0v) is 80.9. The van der Waals surface area contributed by atoms with Gasteiger partial charge in [-0.2, -0.15) is 0 Å². The van der Waals surface area contributed by atoms with Gasteiger partial charge in [-0.3, -0.25) is 4.90 Å². The Morgan fingerprint density at radius 2 is 0.514 bits per heavy atom. The molecule has 654 valence electrons. The predicted octanol–water partition coefficient (Wildman–Crippen LogP) is 34.4. The van der Waals surface area contributed by atoms with E-state index in [1.165, 1.54) is 46.0 Å². The molecule has 9 heteroatoms. The molecule has 0 aromatic heterocycles. The number of ether oxygens (including phenoxy) is 4. The number of rotatable bonds is 25. The van der Waals surface area contributed by atoms with Crippen LogP contribution in [-0.4, -0.2) is 44.9 Å². The third-order valence-electron chi connectivity index (χ3n) is 38.6. The lowest BCUT2D eigenvalue weighted by molar-refractivity contribution is 0.271. The summed E-state index contributed by atoms with van der Waals surface area (Å²) in [7, 11) is 2.58. The highest BCUT2D eigenvalue weighted by Crippen LogP contribution is 2.87. The predicted molar refractivity (Wildman–Crippen MR) is 601 cm³/mol. The Morgan fingerprint density at radius 1 is 0.264 bits per heavy atom. The number of fused-ring (bicyclic) bond motifs is 2. The second-order valence-corrected chi connectivity index (χ2v) is 48.3. The van der Waals surface area contributed by atoms with Gasteiger partial charge in [-0.1, -0.05) is 230 Å². The molecule has 4 aliphatic carbocycles. The van der Waals surface area contributed by atoms with Gasteiger partial charge in [0.2, 0.25) is 0 Å². The number of hydrogen-bond donors (Lipinski definition) is 0. The van der Waals surface area contributed by atoms with Crippen molar-refractivity contribution in [3.63, 3.8) is 0 Å². The van der Waals surface area contributed by atoms with Gasteiger partial charge < -0.3 is 18.9 Å². The minimum atomic E-state index is -0.478. The Kier molecular flexibility index (Phi) is 12.2. The number of likely N-dealkylation sites (N-methyl/N-ethyl adjacent to an activating group) is 1. The molecule has 34 aromatic carbocycles. The molecule has 0 N–H and O–H groups in total. The van der Waals surface area contributed by atoms with E-state index in [0.29, 0.717) is 43.7 Å². The van der Waals surface area contributed by atoms with E-state index in [0.717, 1.165) is 148 Å². The van der Waals surface area contributed by atoms with Crippen molar-refractivity contribution in [1.29, 1.82) is 0 Å². The Morgan fingerprint density at radius 3 is 0.807 bits per heavy atom. The fourth-order valence-corrected chi connectivity index (χ4v) is 38.7. The molecular formula is C131H77NO4S4. The first-order valence-corrected chi connectivity index (χ1v) is 55.6. The van der Waals surface area contributed by atoms with Crippen LogP contribution in [0.3, 0.4) is 0 Å². The van der Waals surface area contributed by atoms with E-state index in [1.54, 1.807) is 313 Å². The SMILES string of the molecule is CCCCCCOc1cc(C#Cc2cc(OCCCCCC)c(C#Cc3ccc4c(=C5SC=CS5)c5ccccc5c(=C5SC=CS5)c4c3)cc2OCCCCCC)c(OCCCCCC)cc1C#Cc1ccc(C2N(C)CC34c5c6c7c8c9c%10c(c%11c%12c3c3c5c5c%13c6c6c7c7c9c9c%14c%10c%10c%11c%11c%12c%12c3c3c5c5c%13c%13c6c6c7c9c7c9c%14c%10c%10c%11c%11c%12c3c3c5c5c%13c6c7c6c9c%10c%11c3c56)C824)cc1. The maximum atomic E-state index is 7.11. The third-order valence-corrected chi connectivity index (χ3v) is 42.8. The summed E-state index contributed by atoms with van der Waals surface area (Å²) in [6.45, 7) is 12.3. The van der Waals surface area contributed by atoms with Crippen LogP contribution in [0.25, 0.3) is 321 Å². The first-order valence-electron chi connectivity index (χ1n) is 52.1. The molecule has 0 bridgehead atoms. The van der Waals surface area contributed by atoms with Crippen molar-refractivity contribution < 1.29 is 18.9 Å². The quantitative estimate of drug-likeness (QED) is 0.0241. The van der Waals surface area contributed by atoms with Gasteiger partial charge in [0, 0.05) is 58.4 Å². The number of thioether (sulfide) groups is 4. The normalized spacial score (nSPS) is 18.4. The van der Waals surface area contributed by atoms with E-state index in [1.807, 2.05) is 47.0 Å². The van der Waals surface area contributed by atoms with Crippen molar-refractivity contribution in [3.8, 4) is 58.5 Å². The Labute approximate surface area is 815 Å². The third kappa shape index (κ3) is 6.91. The van der Waals surface area contributed by atoms with Crippen LogP contribution in [0.5, 0.6) is 23.0 Å². The fourth-order valence-electron chi connectivity index (χ4n) is 34.9. The van der Waals surface area contributed by atoms with Crippen LogP contribution in [0.1, 0.15) is 198 Å². The number of hydrogen-bond acceptors (Lipinski definition) is 9. The van der Waals surface area contributed by atoms with Gasteiger partial charge in [0.15, 0.2) is 0 Å². The van der Waals surface area contributed by atoms with E-state index < -0.39 is 10.8 Å². The highest BCUT2D eigenvalue weighted by Gasteiger charge is 2.76. The van der Waals surface area contributed by atoms with Crippen LogP contribution in [-0.2, 0) is 10.8 Å². The summed E-state index contributed by atoms with van der Waals surface area (Å²) < 4.78 is 30.7. The number of benzene rings is 24. The van der Waals surface area contributed by atoms with Crippen molar-refractivity contribution >= 4 is 368 Å². The van der Waals surface area contributed by atoms with Gasteiger partial charge in [-0.15, -0.1) is 0 Å². The average molecular weight is 1860 g/mol. The number of unbranched alkanes of at least 4 members (excludes halogenated alkanes) is 12. The molecule has 3 heterocycles. The van der Waals surface area contributed by atoms with Crippen molar-refractivity contribution in [3.05, 3.63) is 184 Å². The molecule has 41 rings (SSSR count). The van der Waals surface area contributed by atoms with E-state index >= 15 is 0 Å². The number of likely N-dealkylation sites (tertiary alicyclic amines) is 1. The van der Waals surface area contributed by atoms with Crippen molar-refractivity contribution in [2.75, 3.05) is 40.0 Å². The van der Waals surface area contributed by atoms with Crippen LogP contribution in [0.4, 0.5) is 0 Å². The minimum Gasteiger partial charge on any atom is -0.492 e. The molecule has 0 radical (unpaired) electrons. The van der Waals surface area contributed by atoms with Gasteiger partial charge in [0.05, 0.1) is 68.0 Å². The van der Waals surface area contributed by atoms with E-state index in [2.05, 4.69) is 188 Å². The minimum absolute atomic E-state index is 0.00553. The van der Waals surface area contributed by atoms with Gasteiger partial charge in [-0.05, 0) is 419 Å². The summed E-state index contributed by atoms with van der Waals surface area (Å²) in [5, 5.41) is 105. The summed E-state index contributed by atoms with van der Waals surface area (Å²) in [6.07, 6.45) is 17.3. The first-order chi connectivity index (χ1) is 69.4. The summed E-state index contributed by atoms with van der Waals surface area (Å²) >= 11 is 7.25. The molecule has 1 saturated heterocycles. The van der Waals surface area contributed by atoms with Crippen LogP contribution in [0.2, 0.25) is 0 Å². The summed E-state index contributed by atoms with van der Waals surface area (Å²) in [5.41, 5.74) is 12.4. The monoisotopic (exact) mass is 1860 g/mol.